The fourth-order valence-electron chi connectivity index (χ4n) is 3.26. The molecular weight excluding hydrogens is 436 g/mol. The molecule has 0 fully saturated rings. The molecule has 2 heterocycles. The Balaban J connectivity index is 1.57. The summed E-state index contributed by atoms with van der Waals surface area (Å²) in [5.41, 5.74) is 2.09. The predicted molar refractivity (Wildman–Crippen MR) is 121 cm³/mol. The zero-order valence-corrected chi connectivity index (χ0v) is 18.6. The maximum Gasteiger partial charge on any atom is 0.240 e. The Kier molecular flexibility index (Phi) is 5.90. The van der Waals surface area contributed by atoms with Crippen LogP contribution >= 0.6 is 11.6 Å². The molecule has 10 heteroatoms. The zero-order valence-electron chi connectivity index (χ0n) is 17.0. The number of para-hydroxylation sites is 1. The Labute approximate surface area is 185 Å². The number of aromatic nitrogens is 4. The first-order valence-electron chi connectivity index (χ1n) is 9.64. The maximum absolute atomic E-state index is 12.4. The Hall–Kier alpha value is -3.01. The maximum atomic E-state index is 12.4. The largest absolute Gasteiger partial charge is 0.368 e. The fourth-order valence-corrected chi connectivity index (χ4v) is 4.53. The summed E-state index contributed by atoms with van der Waals surface area (Å²) < 4.78 is 29.0. The van der Waals surface area contributed by atoms with Gasteiger partial charge in [-0.1, -0.05) is 41.9 Å². The van der Waals surface area contributed by atoms with Gasteiger partial charge in [0.05, 0.1) is 26.7 Å². The second-order valence-corrected chi connectivity index (χ2v) is 9.08. The third kappa shape index (κ3) is 4.39. The van der Waals surface area contributed by atoms with Crippen molar-refractivity contribution in [3.05, 3.63) is 71.1 Å². The van der Waals surface area contributed by atoms with E-state index in [1.807, 2.05) is 25.1 Å². The molecule has 160 valence electrons. The smallest absolute Gasteiger partial charge is 0.240 e. The number of nitrogens with zero attached hydrogens (tertiary/aromatic N) is 4. The number of nitrogens with one attached hydrogen (secondary N) is 2. The molecular formula is C21H21ClN6O2S. The third-order valence-electron chi connectivity index (χ3n) is 4.66. The molecule has 0 aliphatic rings. The lowest BCUT2D eigenvalue weighted by atomic mass is 10.3. The number of hydrogen-bond donors (Lipinski definition) is 2. The number of halogens is 1. The first-order valence-corrected chi connectivity index (χ1v) is 11.5. The van der Waals surface area contributed by atoms with Crippen LogP contribution in [0.4, 0.5) is 5.82 Å². The highest BCUT2D eigenvalue weighted by molar-refractivity contribution is 7.89. The van der Waals surface area contributed by atoms with E-state index in [1.165, 1.54) is 0 Å². The average Bonchev–Trinajstić information content (AvgIpc) is 3.08. The highest BCUT2D eigenvalue weighted by Gasteiger charge is 2.18. The molecule has 0 aliphatic carbocycles. The van der Waals surface area contributed by atoms with Gasteiger partial charge in [0.2, 0.25) is 10.0 Å². The molecule has 0 amide bonds. The first kappa shape index (κ1) is 21.2. The Morgan fingerprint density at radius 3 is 2.42 bits per heavy atom. The third-order valence-corrected chi connectivity index (χ3v) is 6.45. The van der Waals surface area contributed by atoms with Crippen LogP contribution in [0.15, 0.2) is 59.5 Å². The topological polar surface area (TPSA) is 102 Å². The predicted octanol–water partition coefficient (Wildman–Crippen LogP) is 3.48. The van der Waals surface area contributed by atoms with Crippen LogP contribution in [0.3, 0.4) is 0 Å². The average molecular weight is 457 g/mol. The Morgan fingerprint density at radius 2 is 1.68 bits per heavy atom. The second-order valence-electron chi connectivity index (χ2n) is 6.90. The molecule has 0 saturated heterocycles. The van der Waals surface area contributed by atoms with Crippen molar-refractivity contribution in [3.8, 4) is 5.69 Å². The van der Waals surface area contributed by atoms with Crippen LogP contribution in [0.1, 0.15) is 11.5 Å². The number of hydrogen-bond acceptors (Lipinski definition) is 6. The number of sulfonamides is 1. The van der Waals surface area contributed by atoms with E-state index >= 15 is 0 Å². The van der Waals surface area contributed by atoms with E-state index in [-0.39, 0.29) is 11.4 Å². The Bertz CT molecular complexity index is 1340. The lowest BCUT2D eigenvalue weighted by Crippen LogP contribution is -2.29. The molecule has 0 saturated carbocycles. The summed E-state index contributed by atoms with van der Waals surface area (Å²) in [6, 6.07) is 15.7. The van der Waals surface area contributed by atoms with E-state index in [0.717, 1.165) is 16.8 Å². The molecule has 0 atom stereocenters. The van der Waals surface area contributed by atoms with Crippen molar-refractivity contribution >= 4 is 38.5 Å². The molecule has 2 aromatic carbocycles. The van der Waals surface area contributed by atoms with Crippen LogP contribution in [-0.4, -0.2) is 41.3 Å². The molecule has 0 bridgehead atoms. The van der Waals surface area contributed by atoms with Gasteiger partial charge in [0.15, 0.2) is 5.65 Å². The normalized spacial score (nSPS) is 11.7. The minimum absolute atomic E-state index is 0.194. The van der Waals surface area contributed by atoms with E-state index in [9.17, 15) is 8.42 Å². The first-order chi connectivity index (χ1) is 14.9. The highest BCUT2D eigenvalue weighted by atomic mass is 35.5. The zero-order chi connectivity index (χ0) is 22.0. The van der Waals surface area contributed by atoms with Crippen molar-refractivity contribution in [3.63, 3.8) is 0 Å². The molecule has 4 rings (SSSR count). The lowest BCUT2D eigenvalue weighted by molar-refractivity contribution is 0.583. The number of fused-ring (bicyclic) bond motifs is 1. The van der Waals surface area contributed by atoms with E-state index < -0.39 is 10.0 Å². The molecule has 0 spiro atoms. The highest BCUT2D eigenvalue weighted by Crippen LogP contribution is 2.28. The minimum atomic E-state index is -3.56. The van der Waals surface area contributed by atoms with Gasteiger partial charge in [0.1, 0.15) is 11.6 Å². The molecule has 0 unspecified atom stereocenters. The van der Waals surface area contributed by atoms with Crippen molar-refractivity contribution in [1.82, 2.24) is 24.5 Å². The summed E-state index contributed by atoms with van der Waals surface area (Å²) in [5.74, 6) is 1.16. The van der Waals surface area contributed by atoms with E-state index in [0.29, 0.717) is 28.9 Å². The number of rotatable bonds is 7. The van der Waals surface area contributed by atoms with Gasteiger partial charge in [-0.05, 0) is 38.1 Å². The molecule has 4 aromatic rings. The van der Waals surface area contributed by atoms with Gasteiger partial charge in [0, 0.05) is 13.1 Å². The van der Waals surface area contributed by atoms with E-state index in [4.69, 9.17) is 11.6 Å². The van der Waals surface area contributed by atoms with Crippen LogP contribution in [0.5, 0.6) is 0 Å². The number of aryl methyl sites for hydroxylation is 2. The molecule has 0 aliphatic heterocycles. The van der Waals surface area contributed by atoms with Crippen molar-refractivity contribution in [2.24, 2.45) is 0 Å². The van der Waals surface area contributed by atoms with Gasteiger partial charge in [-0.2, -0.15) is 5.10 Å². The van der Waals surface area contributed by atoms with Crippen molar-refractivity contribution in [2.45, 2.75) is 18.7 Å². The fraction of sp³-hybridized carbons (Fsp3) is 0.190. The Morgan fingerprint density at radius 1 is 0.968 bits per heavy atom. The van der Waals surface area contributed by atoms with E-state index in [2.05, 4.69) is 25.1 Å². The van der Waals surface area contributed by atoms with Crippen LogP contribution in [0, 0.1) is 13.8 Å². The summed E-state index contributed by atoms with van der Waals surface area (Å²) in [5, 5.41) is 9.14. The van der Waals surface area contributed by atoms with Crippen molar-refractivity contribution in [2.75, 3.05) is 18.4 Å². The van der Waals surface area contributed by atoms with Gasteiger partial charge < -0.3 is 5.32 Å². The standard InChI is InChI=1S/C21H21ClN6O2S/c1-14-19-20(23-12-13-24-31(29,30)16-8-4-3-5-9-16)25-15(2)26-21(19)28(27-14)18-11-7-6-10-17(18)22/h3-11,24H,12-13H2,1-2H3,(H,23,25,26). The summed E-state index contributed by atoms with van der Waals surface area (Å²) in [7, 11) is -3.56. The number of benzene rings is 2. The molecule has 2 aromatic heterocycles. The van der Waals surface area contributed by atoms with Crippen LogP contribution in [-0.2, 0) is 10.0 Å². The molecule has 31 heavy (non-hydrogen) atoms. The van der Waals surface area contributed by atoms with Gasteiger partial charge in [-0.15, -0.1) is 0 Å². The SMILES string of the molecule is Cc1nc(NCCNS(=O)(=O)c2ccccc2)c2c(C)nn(-c3ccccc3Cl)c2n1. The van der Waals surface area contributed by atoms with Gasteiger partial charge in [-0.25, -0.2) is 27.8 Å². The molecule has 0 radical (unpaired) electrons. The summed E-state index contributed by atoms with van der Waals surface area (Å²) >= 11 is 6.36. The van der Waals surface area contributed by atoms with Crippen LogP contribution < -0.4 is 10.0 Å². The summed E-state index contributed by atoms with van der Waals surface area (Å²) in [6.45, 7) is 4.20. The quantitative estimate of drug-likeness (QED) is 0.413. The van der Waals surface area contributed by atoms with Crippen LogP contribution in [0.25, 0.3) is 16.7 Å². The van der Waals surface area contributed by atoms with Crippen molar-refractivity contribution in [1.29, 1.82) is 0 Å². The van der Waals surface area contributed by atoms with E-state index in [1.54, 1.807) is 48.0 Å². The minimum Gasteiger partial charge on any atom is -0.368 e. The monoisotopic (exact) mass is 456 g/mol. The summed E-state index contributed by atoms with van der Waals surface area (Å²) in [4.78, 5) is 9.29. The van der Waals surface area contributed by atoms with Gasteiger partial charge in [-0.3, -0.25) is 0 Å². The number of anilines is 1. The van der Waals surface area contributed by atoms with Crippen LogP contribution in [0.2, 0.25) is 5.02 Å². The second kappa shape index (κ2) is 8.62. The molecule has 8 nitrogen and oxygen atoms in total. The molecule has 2 N–H and O–H groups in total. The van der Waals surface area contributed by atoms with Gasteiger partial charge in [0.25, 0.3) is 0 Å². The summed E-state index contributed by atoms with van der Waals surface area (Å²) in [6.07, 6.45) is 0. The van der Waals surface area contributed by atoms with Crippen molar-refractivity contribution < 1.29 is 8.42 Å². The lowest BCUT2D eigenvalue weighted by Gasteiger charge is -2.10. The van der Waals surface area contributed by atoms with Gasteiger partial charge >= 0.3 is 0 Å².